The first kappa shape index (κ1) is 29.9. The van der Waals surface area contributed by atoms with Gasteiger partial charge in [0.2, 0.25) is 15.9 Å². The van der Waals surface area contributed by atoms with E-state index in [0.717, 1.165) is 16.3 Å². The lowest BCUT2D eigenvalue weighted by Gasteiger charge is -2.23. The largest absolute Gasteiger partial charge is 0.497 e. The highest BCUT2D eigenvalue weighted by atomic mass is 32.2. The van der Waals surface area contributed by atoms with E-state index in [2.05, 4.69) is 0 Å². The van der Waals surface area contributed by atoms with E-state index in [4.69, 9.17) is 25.8 Å². The molecule has 0 aliphatic carbocycles. The molecule has 1 aliphatic heterocycles. The fourth-order valence-electron chi connectivity index (χ4n) is 3.86. The van der Waals surface area contributed by atoms with Crippen LogP contribution in [0.2, 0.25) is 0 Å². The second kappa shape index (κ2) is 11.6. The summed E-state index contributed by atoms with van der Waals surface area (Å²) in [6.45, 7) is 0.826. The van der Waals surface area contributed by atoms with Crippen molar-refractivity contribution in [1.82, 2.24) is 9.21 Å². The van der Waals surface area contributed by atoms with Gasteiger partial charge in [0, 0.05) is 20.1 Å². The molecule has 39 heavy (non-hydrogen) atoms. The number of hydrogen-bond acceptors (Lipinski definition) is 7. The number of thiophene rings is 1. The van der Waals surface area contributed by atoms with Crippen molar-refractivity contribution in [3.63, 3.8) is 0 Å². The highest BCUT2D eigenvalue weighted by Crippen LogP contribution is 2.28. The number of likely N-dealkylation sites (tertiary alicyclic amines) is 1. The van der Waals surface area contributed by atoms with E-state index in [1.165, 1.54) is 22.7 Å². The number of aliphatic carboxylic acids is 1. The minimum Gasteiger partial charge on any atom is -0.497 e. The molecule has 4 N–H and O–H groups in total. The van der Waals surface area contributed by atoms with Crippen molar-refractivity contribution in [3.05, 3.63) is 58.3 Å². The van der Waals surface area contributed by atoms with Gasteiger partial charge in [-0.05, 0) is 58.5 Å². The number of carbonyl (C=O) groups excluding carboxylic acids is 1. The number of fused-ring (bicyclic) bond motifs is 1. The molecular formula is C24H25F3N4O6S2. The van der Waals surface area contributed by atoms with Crippen molar-refractivity contribution < 1.29 is 41.0 Å². The number of ether oxygens (including phenoxy) is 1. The van der Waals surface area contributed by atoms with E-state index in [-0.39, 0.29) is 16.6 Å². The maximum absolute atomic E-state index is 13.3. The summed E-state index contributed by atoms with van der Waals surface area (Å²) < 4.78 is 64.7. The average Bonchev–Trinajstić information content (AvgIpc) is 3.49. The minimum absolute atomic E-state index is 0.00860. The smallest absolute Gasteiger partial charge is 0.490 e. The molecule has 1 atom stereocenters. The molecular weight excluding hydrogens is 561 g/mol. The fraction of sp³-hybridized carbons (Fsp3) is 0.292. The number of nitrogens with two attached hydrogens (primary N) is 1. The Morgan fingerprint density at radius 3 is 2.44 bits per heavy atom. The molecule has 2 aromatic carbocycles. The van der Waals surface area contributed by atoms with Crippen LogP contribution in [-0.2, 0) is 26.2 Å². The van der Waals surface area contributed by atoms with Crippen LogP contribution >= 0.6 is 11.3 Å². The first-order chi connectivity index (χ1) is 18.1. The molecule has 1 aliphatic rings. The van der Waals surface area contributed by atoms with Crippen molar-refractivity contribution in [1.29, 1.82) is 5.41 Å². The zero-order valence-corrected chi connectivity index (χ0v) is 22.4. The molecule has 0 bridgehead atoms. The molecule has 0 radical (unpaired) electrons. The number of carbonyl (C=O) groups is 2. The third kappa shape index (κ3) is 6.85. The zero-order chi connectivity index (χ0) is 29.1. The van der Waals surface area contributed by atoms with Gasteiger partial charge in [-0.2, -0.15) is 17.5 Å². The van der Waals surface area contributed by atoms with Crippen LogP contribution in [-0.4, -0.2) is 73.4 Å². The van der Waals surface area contributed by atoms with Crippen molar-refractivity contribution >= 4 is 49.8 Å². The molecule has 3 aromatic rings. The Hall–Kier alpha value is -3.69. The van der Waals surface area contributed by atoms with Gasteiger partial charge in [-0.15, -0.1) is 11.3 Å². The van der Waals surface area contributed by atoms with Crippen molar-refractivity contribution in [2.45, 2.75) is 30.1 Å². The number of nitrogens with one attached hydrogen (secondary N) is 1. The maximum atomic E-state index is 13.3. The highest BCUT2D eigenvalue weighted by molar-refractivity contribution is 7.89. The average molecular weight is 587 g/mol. The van der Waals surface area contributed by atoms with Crippen LogP contribution in [0.5, 0.6) is 5.75 Å². The van der Waals surface area contributed by atoms with E-state index in [1.807, 2.05) is 17.5 Å². The fourth-order valence-corrected chi connectivity index (χ4v) is 6.01. The van der Waals surface area contributed by atoms with Crippen LogP contribution in [0.4, 0.5) is 13.2 Å². The van der Waals surface area contributed by atoms with Gasteiger partial charge in [0.15, 0.2) is 0 Å². The summed E-state index contributed by atoms with van der Waals surface area (Å²) in [4.78, 5) is 24.3. The lowest BCUT2D eigenvalue weighted by atomic mass is 10.1. The van der Waals surface area contributed by atoms with Gasteiger partial charge in [0.05, 0.1) is 16.9 Å². The summed E-state index contributed by atoms with van der Waals surface area (Å²) in [5.41, 5.74) is 6.39. The predicted molar refractivity (Wildman–Crippen MR) is 138 cm³/mol. The van der Waals surface area contributed by atoms with E-state index in [9.17, 15) is 26.4 Å². The maximum Gasteiger partial charge on any atom is 0.490 e. The molecule has 1 unspecified atom stereocenters. The van der Waals surface area contributed by atoms with Crippen LogP contribution in [0.25, 0.3) is 10.8 Å². The second-order valence-corrected chi connectivity index (χ2v) is 11.4. The summed E-state index contributed by atoms with van der Waals surface area (Å²) in [7, 11) is -0.854. The number of carboxylic acids is 1. The topological polar surface area (TPSA) is 154 Å². The monoisotopic (exact) mass is 586 g/mol. The van der Waals surface area contributed by atoms with E-state index in [1.54, 1.807) is 42.3 Å². The number of methoxy groups -OCH3 is 1. The Balaban J connectivity index is 0.000000532. The Bertz CT molecular complexity index is 1510. The molecule has 1 amide bonds. The molecule has 2 heterocycles. The van der Waals surface area contributed by atoms with Crippen LogP contribution in [0.1, 0.15) is 16.9 Å². The number of rotatable bonds is 7. The van der Waals surface area contributed by atoms with Gasteiger partial charge >= 0.3 is 12.1 Å². The number of amidine groups is 1. The van der Waals surface area contributed by atoms with Gasteiger partial charge in [-0.1, -0.05) is 12.1 Å². The molecule has 0 saturated carbocycles. The summed E-state index contributed by atoms with van der Waals surface area (Å²) in [5.74, 6) is -2.35. The number of sulfonamides is 1. The van der Waals surface area contributed by atoms with Crippen LogP contribution in [0, 0.1) is 5.41 Å². The number of amides is 1. The number of alkyl halides is 3. The number of nitrogen functional groups attached to an aromatic ring is 1. The molecule has 1 fully saturated rings. The highest BCUT2D eigenvalue weighted by Gasteiger charge is 2.40. The summed E-state index contributed by atoms with van der Waals surface area (Å²) in [5, 5.41) is 18.1. The molecule has 1 aromatic heterocycles. The molecule has 0 spiro atoms. The minimum atomic E-state index is -5.08. The van der Waals surface area contributed by atoms with Crippen molar-refractivity contribution in [2.75, 3.05) is 20.7 Å². The van der Waals surface area contributed by atoms with Gasteiger partial charge < -0.3 is 20.5 Å². The SMILES string of the molecule is COc1ccc2ccc(S(=O)(=O)N(C)C3CCN(Cc4csc(C(=N)N)c4)C3=O)cc2c1.O=C(O)C(F)(F)F. The Morgan fingerprint density at radius 1 is 1.23 bits per heavy atom. The number of halogens is 3. The Labute approximate surface area is 225 Å². The van der Waals surface area contributed by atoms with Gasteiger partial charge in [0.25, 0.3) is 0 Å². The Morgan fingerprint density at radius 2 is 1.87 bits per heavy atom. The Kier molecular flexibility index (Phi) is 8.87. The third-order valence-corrected chi connectivity index (χ3v) is 8.81. The number of nitrogens with zero attached hydrogens (tertiary/aromatic N) is 2. The quantitative estimate of drug-likeness (QED) is 0.284. The molecule has 1 saturated heterocycles. The van der Waals surface area contributed by atoms with Crippen molar-refractivity contribution in [3.8, 4) is 5.75 Å². The standard InChI is InChI=1S/C22H24N4O4S2.C2HF3O2/c1-25(19-7-8-26(22(19)27)12-14-9-20(21(23)24)31-13-14)32(28,29)18-6-4-15-3-5-17(30-2)10-16(15)11-18;3-2(4,5)1(6)7/h3-6,9-11,13,19H,7-8,12H2,1-2H3,(H3,23,24);(H,6,7). The summed E-state index contributed by atoms with van der Waals surface area (Å²) >= 11 is 1.35. The first-order valence-corrected chi connectivity index (χ1v) is 13.5. The molecule has 15 heteroatoms. The van der Waals surface area contributed by atoms with Crippen LogP contribution in [0.15, 0.2) is 52.7 Å². The lowest BCUT2D eigenvalue weighted by molar-refractivity contribution is -0.192. The third-order valence-electron chi connectivity index (χ3n) is 5.94. The van der Waals surface area contributed by atoms with Crippen LogP contribution < -0.4 is 10.5 Å². The molecule has 210 valence electrons. The van der Waals surface area contributed by atoms with E-state index >= 15 is 0 Å². The number of hydrogen-bond donors (Lipinski definition) is 3. The van der Waals surface area contributed by atoms with Crippen LogP contribution in [0.3, 0.4) is 0 Å². The van der Waals surface area contributed by atoms with Gasteiger partial charge in [0.1, 0.15) is 17.6 Å². The first-order valence-electron chi connectivity index (χ1n) is 11.2. The van der Waals surface area contributed by atoms with Gasteiger partial charge in [-0.25, -0.2) is 13.2 Å². The molecule has 4 rings (SSSR count). The van der Waals surface area contributed by atoms with E-state index < -0.39 is 28.2 Å². The predicted octanol–water partition coefficient (Wildman–Crippen LogP) is 3.25. The normalized spacial score (nSPS) is 15.8. The summed E-state index contributed by atoms with van der Waals surface area (Å²) in [6.07, 6.45) is -4.67. The number of likely N-dealkylation sites (N-methyl/N-ethyl adjacent to an activating group) is 1. The summed E-state index contributed by atoms with van der Waals surface area (Å²) in [6, 6.07) is 11.4. The second-order valence-electron chi connectivity index (χ2n) is 8.50. The van der Waals surface area contributed by atoms with Gasteiger partial charge in [-0.3, -0.25) is 10.2 Å². The van der Waals surface area contributed by atoms with Crippen molar-refractivity contribution in [2.24, 2.45) is 5.73 Å². The van der Waals surface area contributed by atoms with E-state index in [0.29, 0.717) is 30.1 Å². The number of benzene rings is 2. The lowest BCUT2D eigenvalue weighted by Crippen LogP contribution is -2.42. The number of carboxylic acid groups (broad SMARTS) is 1. The zero-order valence-electron chi connectivity index (χ0n) is 20.7. The molecule has 10 nitrogen and oxygen atoms in total.